The maximum Gasteiger partial charge on any atom is 0.244 e. The summed E-state index contributed by atoms with van der Waals surface area (Å²) >= 11 is 0. The molecule has 11 nitrogen and oxygen atoms in total. The fourth-order valence-corrected chi connectivity index (χ4v) is 7.28. The molecular formula is C35H59N5O6S. The Balaban J connectivity index is 1.91. The smallest absolute Gasteiger partial charge is 0.244 e. The molecule has 0 aromatic heterocycles. The highest BCUT2D eigenvalue weighted by molar-refractivity contribution is 7.92. The van der Waals surface area contributed by atoms with Crippen LogP contribution >= 0.6 is 0 Å². The van der Waals surface area contributed by atoms with Gasteiger partial charge in [-0.05, 0) is 71.3 Å². The molecule has 1 aliphatic heterocycles. The molecule has 1 aromatic carbocycles. The number of aliphatic hydroxyl groups excluding tert-OH is 1. The lowest BCUT2D eigenvalue weighted by Gasteiger charge is -2.47. The Kier molecular flexibility index (Phi) is 13.4. The number of β-amino-alcohol motifs (C(OH)–C–C–N with tert-alkyl or cyclic N) is 1. The first-order chi connectivity index (χ1) is 21.8. The molecule has 2 aliphatic rings. The molecule has 2 fully saturated rings. The maximum absolute atomic E-state index is 14.0. The van der Waals surface area contributed by atoms with Crippen LogP contribution in [0.15, 0.2) is 30.3 Å². The van der Waals surface area contributed by atoms with Gasteiger partial charge >= 0.3 is 0 Å². The van der Waals surface area contributed by atoms with Gasteiger partial charge in [0.2, 0.25) is 17.7 Å². The van der Waals surface area contributed by atoms with Crippen molar-refractivity contribution in [2.75, 3.05) is 25.9 Å². The lowest BCUT2D eigenvalue weighted by Crippen LogP contribution is -2.64. The fourth-order valence-electron chi connectivity index (χ4n) is 6.69. The van der Waals surface area contributed by atoms with Crippen LogP contribution in [0.3, 0.4) is 0 Å². The summed E-state index contributed by atoms with van der Waals surface area (Å²) in [6.07, 6.45) is 5.43. The molecule has 1 saturated heterocycles. The van der Waals surface area contributed by atoms with Crippen LogP contribution in [0.5, 0.6) is 0 Å². The number of likely N-dealkylation sites (tertiary alicyclic amines) is 1. The summed E-state index contributed by atoms with van der Waals surface area (Å²) in [5.41, 5.74) is 0.458. The van der Waals surface area contributed by atoms with Gasteiger partial charge in [-0.1, -0.05) is 63.4 Å². The van der Waals surface area contributed by atoms with Gasteiger partial charge in [0.25, 0.3) is 0 Å². The summed E-state index contributed by atoms with van der Waals surface area (Å²) in [7, 11) is -3.82. The molecule has 3 amide bonds. The van der Waals surface area contributed by atoms with E-state index in [0.717, 1.165) is 43.9 Å². The summed E-state index contributed by atoms with van der Waals surface area (Å²) in [5.74, 6) is -0.387. The molecule has 12 heteroatoms. The van der Waals surface area contributed by atoms with Gasteiger partial charge in [-0.3, -0.25) is 19.3 Å². The topological polar surface area (TPSA) is 157 Å². The summed E-state index contributed by atoms with van der Waals surface area (Å²) in [6, 6.07) is 6.77. The zero-order valence-electron chi connectivity index (χ0n) is 29.6. The number of nitrogens with zero attached hydrogens (tertiary/aromatic N) is 1. The third-order valence-corrected chi connectivity index (χ3v) is 11.9. The lowest BCUT2D eigenvalue weighted by atomic mass is 9.72. The van der Waals surface area contributed by atoms with Gasteiger partial charge < -0.3 is 26.4 Å². The van der Waals surface area contributed by atoms with Crippen molar-refractivity contribution in [2.45, 2.75) is 128 Å². The molecule has 0 radical (unpaired) electrons. The minimum Gasteiger partial charge on any atom is -0.390 e. The normalized spacial score (nSPS) is 22.9. The van der Waals surface area contributed by atoms with E-state index in [1.54, 1.807) is 0 Å². The van der Waals surface area contributed by atoms with E-state index in [1.807, 2.05) is 65.0 Å². The van der Waals surface area contributed by atoms with Crippen LogP contribution in [0.1, 0.15) is 86.1 Å². The van der Waals surface area contributed by atoms with Crippen molar-refractivity contribution in [3.05, 3.63) is 35.9 Å². The fraction of sp³-hybridized carbons (Fsp3) is 0.743. The summed E-state index contributed by atoms with van der Waals surface area (Å²) < 4.78 is 24.1. The number of sulfone groups is 1. The van der Waals surface area contributed by atoms with Gasteiger partial charge in [-0.2, -0.15) is 0 Å². The predicted molar refractivity (Wildman–Crippen MR) is 185 cm³/mol. The van der Waals surface area contributed by atoms with Crippen molar-refractivity contribution in [2.24, 2.45) is 11.8 Å². The van der Waals surface area contributed by atoms with Gasteiger partial charge in [0.1, 0.15) is 6.04 Å². The minimum atomic E-state index is -3.82. The average molecular weight is 678 g/mol. The Morgan fingerprint density at radius 1 is 0.979 bits per heavy atom. The lowest BCUT2D eigenvalue weighted by molar-refractivity contribution is -0.133. The van der Waals surface area contributed by atoms with Gasteiger partial charge in [0.05, 0.1) is 29.5 Å². The molecule has 6 atom stereocenters. The van der Waals surface area contributed by atoms with E-state index >= 15 is 0 Å². The number of fused-ring (bicyclic) bond motifs is 1. The first-order valence-corrected chi connectivity index (χ1v) is 19.0. The molecule has 1 heterocycles. The third kappa shape index (κ3) is 11.3. The minimum absolute atomic E-state index is 0.00864. The molecule has 5 N–H and O–H groups in total. The van der Waals surface area contributed by atoms with Crippen LogP contribution in [0, 0.1) is 11.8 Å². The highest BCUT2D eigenvalue weighted by atomic mass is 32.2. The quantitative estimate of drug-likeness (QED) is 0.201. The number of hydrogen-bond donors (Lipinski definition) is 5. The summed E-state index contributed by atoms with van der Waals surface area (Å²) in [4.78, 5) is 42.6. The molecule has 266 valence electrons. The monoisotopic (exact) mass is 677 g/mol. The number of carbonyl (C=O) groups is 3. The highest BCUT2D eigenvalue weighted by Gasteiger charge is 2.46. The van der Waals surface area contributed by atoms with Gasteiger partial charge in [-0.25, -0.2) is 8.42 Å². The second kappa shape index (κ2) is 16.2. The SMILES string of the molecule is CC(C)NCC(=O)NC(C(=O)NC(Cc1ccccc1)C(O)CN1CC2CCCCC2CC1C(=O)NC(C)(C)C)C(C)(C)S(C)(=O)=O. The standard InChI is InChI=1S/C35H59N5O6S/c1-23(2)36-20-30(42)38-31(35(6,7)47(8,45)46)33(44)37-27(18-24-14-10-9-11-15-24)29(41)22-40-21-26-17-13-12-16-25(26)19-28(40)32(43)39-34(3,4)5/h9-11,14-15,23,25-29,31,36,41H,12-13,16-22H2,1-8H3,(H,37,44)(H,38,42)(H,39,43). The van der Waals surface area contributed by atoms with Crippen molar-refractivity contribution in [3.8, 4) is 0 Å². The first-order valence-electron chi connectivity index (χ1n) is 17.1. The number of nitrogens with one attached hydrogen (secondary N) is 4. The number of piperidine rings is 1. The Labute approximate surface area is 282 Å². The molecule has 1 saturated carbocycles. The maximum atomic E-state index is 14.0. The second-order valence-electron chi connectivity index (χ2n) is 15.5. The number of hydrogen-bond acceptors (Lipinski definition) is 8. The van der Waals surface area contributed by atoms with E-state index in [9.17, 15) is 27.9 Å². The molecule has 3 rings (SSSR count). The van der Waals surface area contributed by atoms with Crippen LogP contribution in [-0.4, -0.2) is 103 Å². The number of carbonyl (C=O) groups excluding carboxylic acids is 3. The number of rotatable bonds is 14. The predicted octanol–water partition coefficient (Wildman–Crippen LogP) is 2.18. The Hall–Kier alpha value is -2.54. The zero-order valence-corrected chi connectivity index (χ0v) is 30.5. The van der Waals surface area contributed by atoms with Crippen molar-refractivity contribution in [1.82, 2.24) is 26.2 Å². The van der Waals surface area contributed by atoms with E-state index in [1.165, 1.54) is 13.8 Å². The van der Waals surface area contributed by atoms with Crippen LogP contribution in [-0.2, 0) is 30.6 Å². The first kappa shape index (κ1) is 38.9. The third-order valence-electron chi connectivity index (χ3n) is 9.70. The van der Waals surface area contributed by atoms with Crippen molar-refractivity contribution < 1.29 is 27.9 Å². The zero-order chi connectivity index (χ0) is 35.2. The molecule has 47 heavy (non-hydrogen) atoms. The Morgan fingerprint density at radius 3 is 2.17 bits per heavy atom. The molecule has 6 unspecified atom stereocenters. The molecule has 1 aliphatic carbocycles. The average Bonchev–Trinajstić information content (AvgIpc) is 2.97. The van der Waals surface area contributed by atoms with Crippen molar-refractivity contribution >= 4 is 27.6 Å². The number of benzene rings is 1. The highest BCUT2D eigenvalue weighted by Crippen LogP contribution is 2.39. The van der Waals surface area contributed by atoms with Crippen LogP contribution in [0.2, 0.25) is 0 Å². The van der Waals surface area contributed by atoms with Crippen LogP contribution < -0.4 is 21.3 Å². The molecular weight excluding hydrogens is 618 g/mol. The van der Waals surface area contributed by atoms with E-state index in [2.05, 4.69) is 26.2 Å². The van der Waals surface area contributed by atoms with E-state index < -0.39 is 56.2 Å². The van der Waals surface area contributed by atoms with Crippen LogP contribution in [0.4, 0.5) is 0 Å². The molecule has 0 spiro atoms. The number of aliphatic hydroxyl groups is 1. The van der Waals surface area contributed by atoms with Gasteiger partial charge in [-0.15, -0.1) is 0 Å². The largest absolute Gasteiger partial charge is 0.390 e. The molecule has 1 aromatic rings. The van der Waals surface area contributed by atoms with Crippen LogP contribution in [0.25, 0.3) is 0 Å². The Bertz CT molecular complexity index is 1310. The van der Waals surface area contributed by atoms with E-state index in [-0.39, 0.29) is 31.5 Å². The van der Waals surface area contributed by atoms with Crippen molar-refractivity contribution in [1.29, 1.82) is 0 Å². The Morgan fingerprint density at radius 2 is 1.60 bits per heavy atom. The summed E-state index contributed by atoms with van der Waals surface area (Å²) in [5, 5.41) is 23.6. The number of amides is 3. The van der Waals surface area contributed by atoms with Gasteiger partial charge in [0, 0.05) is 30.9 Å². The van der Waals surface area contributed by atoms with E-state index in [0.29, 0.717) is 18.4 Å². The second-order valence-corrected chi connectivity index (χ2v) is 18.1. The van der Waals surface area contributed by atoms with Crippen molar-refractivity contribution in [3.63, 3.8) is 0 Å². The van der Waals surface area contributed by atoms with E-state index in [4.69, 9.17) is 0 Å². The summed E-state index contributed by atoms with van der Waals surface area (Å²) in [6.45, 7) is 13.2. The van der Waals surface area contributed by atoms with Gasteiger partial charge in [0.15, 0.2) is 9.84 Å². The molecule has 0 bridgehead atoms.